The monoisotopic (exact) mass is 868 g/mol. The van der Waals surface area contributed by atoms with Crippen LogP contribution in [0.15, 0.2) is 249 Å². The lowest BCUT2D eigenvalue weighted by Gasteiger charge is -2.17. The molecule has 0 N–H and O–H groups in total. The van der Waals surface area contributed by atoms with Gasteiger partial charge in [0.05, 0.1) is 27.8 Å². The summed E-state index contributed by atoms with van der Waals surface area (Å²) in [5.41, 5.74) is 21.3. The minimum atomic E-state index is 0.343. The molecule has 1 unspecified atom stereocenters. The second kappa shape index (κ2) is 16.5. The molecule has 13 rings (SSSR count). The zero-order valence-corrected chi connectivity index (χ0v) is 37.2. The maximum absolute atomic E-state index is 5.34. The van der Waals surface area contributed by atoms with E-state index in [1.165, 1.54) is 60.8 Å². The molecule has 1 atom stereocenters. The van der Waals surface area contributed by atoms with E-state index in [1.54, 1.807) is 0 Å². The first-order chi connectivity index (χ1) is 33.7. The van der Waals surface area contributed by atoms with Gasteiger partial charge < -0.3 is 9.13 Å². The largest absolute Gasteiger partial charge is 0.309 e. The third kappa shape index (κ3) is 6.85. The van der Waals surface area contributed by atoms with Gasteiger partial charge in [-0.3, -0.25) is 4.98 Å². The van der Waals surface area contributed by atoms with Crippen molar-refractivity contribution in [1.82, 2.24) is 19.1 Å². The number of hydrogen-bond acceptors (Lipinski definition) is 2. The van der Waals surface area contributed by atoms with Crippen LogP contribution in [0.4, 0.5) is 0 Å². The highest BCUT2D eigenvalue weighted by molar-refractivity contribution is 6.17. The first kappa shape index (κ1) is 39.5. The van der Waals surface area contributed by atoms with E-state index < -0.39 is 0 Å². The van der Waals surface area contributed by atoms with Gasteiger partial charge in [0.2, 0.25) is 0 Å². The molecule has 0 aliphatic heterocycles. The van der Waals surface area contributed by atoms with Crippen molar-refractivity contribution in [3.63, 3.8) is 0 Å². The number of allylic oxidation sites excluding steroid dienone is 4. The first-order valence-electron chi connectivity index (χ1n) is 23.4. The van der Waals surface area contributed by atoms with Crippen LogP contribution in [0.2, 0.25) is 0 Å². The fraction of sp³-hybridized carbons (Fsp3) is 0.0312. The average Bonchev–Trinajstić information content (AvgIpc) is 3.94. The Balaban J connectivity index is 0.947. The van der Waals surface area contributed by atoms with E-state index in [0.717, 1.165) is 62.2 Å². The second-order valence-electron chi connectivity index (χ2n) is 17.7. The fourth-order valence-corrected chi connectivity index (χ4v) is 10.4. The summed E-state index contributed by atoms with van der Waals surface area (Å²) in [5.74, 6) is 0.343. The Kier molecular flexibility index (Phi) is 9.61. The minimum absolute atomic E-state index is 0.343. The van der Waals surface area contributed by atoms with E-state index in [0.29, 0.717) is 5.92 Å². The van der Waals surface area contributed by atoms with Gasteiger partial charge in [0, 0.05) is 39.8 Å². The minimum Gasteiger partial charge on any atom is -0.309 e. The van der Waals surface area contributed by atoms with E-state index in [-0.39, 0.29) is 0 Å². The summed E-state index contributed by atoms with van der Waals surface area (Å²) in [6.07, 6.45) is 11.8. The topological polar surface area (TPSA) is 35.6 Å². The zero-order valence-electron chi connectivity index (χ0n) is 37.2. The van der Waals surface area contributed by atoms with E-state index in [9.17, 15) is 0 Å². The molecular weight excluding hydrogens is 825 g/mol. The van der Waals surface area contributed by atoms with Crippen molar-refractivity contribution in [1.29, 1.82) is 0 Å². The highest BCUT2D eigenvalue weighted by Gasteiger charge is 2.20. The third-order valence-corrected chi connectivity index (χ3v) is 13.7. The van der Waals surface area contributed by atoms with Gasteiger partial charge in [0.1, 0.15) is 11.0 Å². The summed E-state index contributed by atoms with van der Waals surface area (Å²) in [6.45, 7) is 0. The van der Waals surface area contributed by atoms with Crippen molar-refractivity contribution in [2.24, 2.45) is 0 Å². The molecule has 4 aromatic heterocycles. The van der Waals surface area contributed by atoms with Gasteiger partial charge in [-0.2, -0.15) is 0 Å². The van der Waals surface area contributed by atoms with Crippen LogP contribution in [-0.2, 0) is 0 Å². The number of benzene rings is 8. The third-order valence-electron chi connectivity index (χ3n) is 13.7. The highest BCUT2D eigenvalue weighted by atomic mass is 15.0. The van der Waals surface area contributed by atoms with E-state index in [4.69, 9.17) is 9.97 Å². The molecule has 1 aliphatic carbocycles. The van der Waals surface area contributed by atoms with Crippen LogP contribution in [0.5, 0.6) is 0 Å². The predicted octanol–water partition coefficient (Wildman–Crippen LogP) is 16.6. The Bertz CT molecular complexity index is 3930. The number of nitrogens with zero attached hydrogens (tertiary/aromatic N) is 4. The molecule has 0 saturated carbocycles. The molecule has 68 heavy (non-hydrogen) atoms. The highest BCUT2D eigenvalue weighted by Crippen LogP contribution is 2.42. The molecule has 320 valence electrons. The standard InChI is InChI=1S/C64H44N4/c1-5-17-43(18-6-1)50-39-51(44-19-7-2-8-20-44)41-52(40-50)46-22-13-21-45(37-46)47-32-34-58-56(42-47)62-55(29-15-30-59(62)67(58)53-25-9-3-10-26-53)48-23-14-24-49(38-48)57-33-35-61-64(66-57)63-60(31-16-36-65-63)68(61)54-27-11-4-12-28-54/h1-19,21-42,44H,20H2. The Morgan fingerprint density at radius 3 is 1.75 bits per heavy atom. The molecule has 12 aromatic rings. The first-order valence-corrected chi connectivity index (χ1v) is 23.4. The lowest BCUT2D eigenvalue weighted by atomic mass is 9.87. The number of fused-ring (bicyclic) bond motifs is 6. The van der Waals surface area contributed by atoms with Crippen LogP contribution in [-0.4, -0.2) is 19.1 Å². The van der Waals surface area contributed by atoms with Crippen LogP contribution in [0.3, 0.4) is 0 Å². The maximum Gasteiger partial charge on any atom is 0.115 e. The molecule has 8 aromatic carbocycles. The van der Waals surface area contributed by atoms with Gasteiger partial charge in [-0.05, 0) is 141 Å². The van der Waals surface area contributed by atoms with Gasteiger partial charge in [-0.25, -0.2) is 4.98 Å². The molecule has 0 bridgehead atoms. The molecule has 1 aliphatic rings. The number of pyridine rings is 2. The Hall–Kier alpha value is -8.86. The van der Waals surface area contributed by atoms with Crippen molar-refractivity contribution in [3.05, 3.63) is 254 Å². The summed E-state index contributed by atoms with van der Waals surface area (Å²) in [4.78, 5) is 10.2. The molecule has 4 heteroatoms. The van der Waals surface area contributed by atoms with Crippen molar-refractivity contribution < 1.29 is 0 Å². The van der Waals surface area contributed by atoms with E-state index in [1.807, 2.05) is 18.3 Å². The summed E-state index contributed by atoms with van der Waals surface area (Å²) < 4.78 is 4.67. The number of aromatic nitrogens is 4. The van der Waals surface area contributed by atoms with Crippen LogP contribution >= 0.6 is 0 Å². The van der Waals surface area contributed by atoms with E-state index >= 15 is 0 Å². The van der Waals surface area contributed by atoms with Gasteiger partial charge in [0.15, 0.2) is 0 Å². The van der Waals surface area contributed by atoms with Gasteiger partial charge in [0.25, 0.3) is 0 Å². The van der Waals surface area contributed by atoms with Gasteiger partial charge in [-0.15, -0.1) is 0 Å². The van der Waals surface area contributed by atoms with Crippen LogP contribution in [0.1, 0.15) is 17.9 Å². The van der Waals surface area contributed by atoms with Crippen LogP contribution < -0.4 is 0 Å². The summed E-state index contributed by atoms with van der Waals surface area (Å²) in [7, 11) is 0. The molecule has 0 radical (unpaired) electrons. The average molecular weight is 869 g/mol. The van der Waals surface area contributed by atoms with Crippen molar-refractivity contribution in [2.75, 3.05) is 0 Å². The lowest BCUT2D eigenvalue weighted by molar-refractivity contribution is 0.854. The molecule has 0 fully saturated rings. The van der Waals surface area contributed by atoms with Crippen molar-refractivity contribution in [3.8, 4) is 67.1 Å². The number of rotatable bonds is 8. The summed E-state index contributed by atoms with van der Waals surface area (Å²) in [6, 6.07) is 79.2. The predicted molar refractivity (Wildman–Crippen MR) is 284 cm³/mol. The second-order valence-corrected chi connectivity index (χ2v) is 17.7. The molecule has 0 saturated heterocycles. The van der Waals surface area contributed by atoms with Crippen LogP contribution in [0.25, 0.3) is 111 Å². The van der Waals surface area contributed by atoms with Gasteiger partial charge in [-0.1, -0.05) is 158 Å². The SMILES string of the molecule is C1=CCC(c2cc(-c3ccccc3)cc(-c3cccc(-c4ccc5c(c4)c4c(-c6cccc(-c7ccc8c(n7)c7ncccc7n8-c7ccccc7)c6)cccc4n5-c4ccccc4)c3)c2)C=C1. The zero-order chi connectivity index (χ0) is 45.0. The summed E-state index contributed by atoms with van der Waals surface area (Å²) >= 11 is 0. The molecule has 4 heterocycles. The van der Waals surface area contributed by atoms with Crippen molar-refractivity contribution >= 4 is 43.9 Å². The normalized spacial score (nSPS) is 13.6. The Morgan fingerprint density at radius 2 is 0.985 bits per heavy atom. The molecular formula is C64H44N4. The fourth-order valence-electron chi connectivity index (χ4n) is 10.4. The maximum atomic E-state index is 5.34. The van der Waals surface area contributed by atoms with E-state index in [2.05, 4.69) is 240 Å². The van der Waals surface area contributed by atoms with Gasteiger partial charge >= 0.3 is 0 Å². The molecule has 0 amide bonds. The molecule has 0 spiro atoms. The number of hydrogen-bond donors (Lipinski definition) is 0. The van der Waals surface area contributed by atoms with Crippen LogP contribution in [0, 0.1) is 0 Å². The summed E-state index contributed by atoms with van der Waals surface area (Å²) in [5, 5.41) is 2.42. The van der Waals surface area contributed by atoms with Crippen molar-refractivity contribution in [2.45, 2.75) is 12.3 Å². The smallest absolute Gasteiger partial charge is 0.115 e. The molecule has 4 nitrogen and oxygen atoms in total. The number of para-hydroxylation sites is 2. The Labute approximate surface area is 395 Å². The lowest BCUT2D eigenvalue weighted by Crippen LogP contribution is -1.98. The quantitative estimate of drug-likeness (QED) is 0.153. The Morgan fingerprint density at radius 1 is 0.397 bits per heavy atom.